The van der Waals surface area contributed by atoms with E-state index in [1.54, 1.807) is 12.1 Å². The Labute approximate surface area is 305 Å². The zero-order valence-corrected chi connectivity index (χ0v) is 29.8. The molecule has 1 atom stereocenters. The third-order valence-electron chi connectivity index (χ3n) is 9.20. The highest BCUT2D eigenvalue weighted by molar-refractivity contribution is 6.29. The van der Waals surface area contributed by atoms with Crippen LogP contribution in [-0.4, -0.2) is 43.6 Å². The van der Waals surface area contributed by atoms with Crippen LogP contribution >= 0.6 is 11.6 Å². The number of esters is 1. The Balaban J connectivity index is 1.54. The van der Waals surface area contributed by atoms with Crippen molar-refractivity contribution in [2.24, 2.45) is 5.41 Å². The third-order valence-corrected chi connectivity index (χ3v) is 9.38. The molecule has 4 aromatic heterocycles. The van der Waals surface area contributed by atoms with Crippen molar-refractivity contribution in [3.8, 4) is 22.8 Å². The molecule has 0 unspecified atom stereocenters. The molecule has 4 heterocycles. The van der Waals surface area contributed by atoms with Crippen molar-refractivity contribution < 1.29 is 18.3 Å². The second-order valence-electron chi connectivity index (χ2n) is 13.5. The highest BCUT2D eigenvalue weighted by Gasteiger charge is 2.41. The summed E-state index contributed by atoms with van der Waals surface area (Å²) in [5.41, 5.74) is 2.71. The standard InChI is InChI=1S/C41H36ClFN6O3/c1-40(2,3)31(23-33(50)51-4)45-38-34(43)36(30-21-14-22-52-30)47-37(48-38)29-25-49(39-35(29)46-32(42)24-44-39)41(26-15-8-5-9-16-26,27-17-10-6-11-18-27)28-19-12-7-13-20-28/h5-22,24-25,31H,23H2,1-4H3,(H,45,47,48)/t31-/m1/s1. The number of methoxy groups -OCH3 is 1. The normalized spacial score (nSPS) is 12.5. The predicted octanol–water partition coefficient (Wildman–Crippen LogP) is 9.17. The molecule has 11 heteroatoms. The topological polar surface area (TPSA) is 108 Å². The number of carbonyl (C=O) groups excluding carboxylic acids is 1. The van der Waals surface area contributed by atoms with E-state index in [2.05, 4.69) is 46.3 Å². The number of ether oxygens (including phenoxy) is 1. The van der Waals surface area contributed by atoms with Crippen LogP contribution in [0, 0.1) is 11.2 Å². The van der Waals surface area contributed by atoms with E-state index in [0.29, 0.717) is 16.7 Å². The number of anilines is 1. The first-order chi connectivity index (χ1) is 25.1. The van der Waals surface area contributed by atoms with Crippen molar-refractivity contribution in [3.63, 3.8) is 0 Å². The van der Waals surface area contributed by atoms with Crippen LogP contribution in [0.2, 0.25) is 5.15 Å². The molecule has 0 bridgehead atoms. The Hall–Kier alpha value is -5.87. The average Bonchev–Trinajstić information content (AvgIpc) is 3.83. The van der Waals surface area contributed by atoms with Gasteiger partial charge in [0.1, 0.15) is 21.9 Å². The summed E-state index contributed by atoms with van der Waals surface area (Å²) >= 11 is 6.55. The molecule has 0 aliphatic carbocycles. The lowest BCUT2D eigenvalue weighted by molar-refractivity contribution is -0.141. The van der Waals surface area contributed by atoms with Crippen LogP contribution in [0.25, 0.3) is 34.0 Å². The Morgan fingerprint density at radius 3 is 2.00 bits per heavy atom. The molecule has 1 N–H and O–H groups in total. The summed E-state index contributed by atoms with van der Waals surface area (Å²) in [5, 5.41) is 3.36. The van der Waals surface area contributed by atoms with Crippen LogP contribution in [0.1, 0.15) is 43.9 Å². The summed E-state index contributed by atoms with van der Waals surface area (Å²) in [4.78, 5) is 31.6. The minimum atomic E-state index is -0.967. The Bertz CT molecular complexity index is 2230. The van der Waals surface area contributed by atoms with Gasteiger partial charge in [-0.2, -0.15) is 0 Å². The number of rotatable bonds is 10. The molecule has 0 radical (unpaired) electrons. The number of hydrogen-bond donors (Lipinski definition) is 1. The molecule has 0 amide bonds. The molecule has 0 aliphatic heterocycles. The maximum absolute atomic E-state index is 16.5. The molecule has 7 aromatic rings. The molecule has 52 heavy (non-hydrogen) atoms. The van der Waals surface area contributed by atoms with E-state index in [-0.39, 0.29) is 34.7 Å². The van der Waals surface area contributed by atoms with Gasteiger partial charge in [-0.05, 0) is 34.2 Å². The molecular weight excluding hydrogens is 679 g/mol. The van der Waals surface area contributed by atoms with Crippen LogP contribution in [0.5, 0.6) is 0 Å². The summed E-state index contributed by atoms with van der Waals surface area (Å²) in [7, 11) is 1.32. The monoisotopic (exact) mass is 714 g/mol. The number of carbonyl (C=O) groups is 1. The molecule has 7 rings (SSSR count). The van der Waals surface area contributed by atoms with Crippen molar-refractivity contribution in [3.05, 3.63) is 149 Å². The van der Waals surface area contributed by atoms with Gasteiger partial charge in [0.15, 0.2) is 28.9 Å². The number of nitrogens with one attached hydrogen (secondary N) is 1. The lowest BCUT2D eigenvalue weighted by Crippen LogP contribution is -2.37. The summed E-state index contributed by atoms with van der Waals surface area (Å²) in [6.45, 7) is 5.84. The Morgan fingerprint density at radius 2 is 1.48 bits per heavy atom. The van der Waals surface area contributed by atoms with Crippen LogP contribution in [-0.2, 0) is 15.1 Å². The predicted molar refractivity (Wildman–Crippen MR) is 199 cm³/mol. The van der Waals surface area contributed by atoms with E-state index in [0.717, 1.165) is 16.7 Å². The zero-order valence-electron chi connectivity index (χ0n) is 29.0. The van der Waals surface area contributed by atoms with Gasteiger partial charge < -0.3 is 19.0 Å². The van der Waals surface area contributed by atoms with E-state index >= 15 is 4.39 Å². The Morgan fingerprint density at radius 1 is 0.885 bits per heavy atom. The first-order valence-corrected chi connectivity index (χ1v) is 17.1. The molecule has 262 valence electrons. The first-order valence-electron chi connectivity index (χ1n) is 16.8. The number of hydrogen-bond acceptors (Lipinski definition) is 8. The minimum Gasteiger partial charge on any atom is -0.469 e. The number of nitrogens with zero attached hydrogens (tertiary/aromatic N) is 5. The van der Waals surface area contributed by atoms with E-state index in [1.165, 1.54) is 19.6 Å². The number of halogens is 2. The van der Waals surface area contributed by atoms with E-state index < -0.39 is 28.8 Å². The molecule has 0 aliphatic rings. The molecule has 0 fully saturated rings. The fraction of sp³-hybridized carbons (Fsp3) is 0.195. The van der Waals surface area contributed by atoms with Gasteiger partial charge in [0, 0.05) is 12.2 Å². The van der Waals surface area contributed by atoms with Crippen LogP contribution in [0.4, 0.5) is 10.2 Å². The lowest BCUT2D eigenvalue weighted by Gasteiger charge is -2.38. The first kappa shape index (κ1) is 34.6. The van der Waals surface area contributed by atoms with Gasteiger partial charge in [-0.3, -0.25) is 4.79 Å². The fourth-order valence-corrected chi connectivity index (χ4v) is 6.71. The van der Waals surface area contributed by atoms with E-state index in [1.807, 2.05) is 81.6 Å². The largest absolute Gasteiger partial charge is 0.469 e. The Kier molecular flexibility index (Phi) is 9.33. The number of fused-ring (bicyclic) bond motifs is 1. The maximum Gasteiger partial charge on any atom is 0.307 e. The van der Waals surface area contributed by atoms with E-state index in [9.17, 15) is 4.79 Å². The summed E-state index contributed by atoms with van der Waals surface area (Å²) < 4.78 is 29.2. The van der Waals surface area contributed by atoms with Crippen molar-refractivity contribution in [1.29, 1.82) is 0 Å². The molecule has 0 saturated heterocycles. The highest BCUT2D eigenvalue weighted by atomic mass is 35.5. The van der Waals surface area contributed by atoms with Gasteiger partial charge >= 0.3 is 5.97 Å². The van der Waals surface area contributed by atoms with Crippen LogP contribution in [0.15, 0.2) is 126 Å². The molecule has 0 saturated carbocycles. The summed E-state index contributed by atoms with van der Waals surface area (Å²) in [6.07, 6.45) is 4.82. The van der Waals surface area contributed by atoms with Crippen LogP contribution in [0.3, 0.4) is 0 Å². The average molecular weight is 715 g/mol. The van der Waals surface area contributed by atoms with Crippen molar-refractivity contribution in [2.75, 3.05) is 12.4 Å². The summed E-state index contributed by atoms with van der Waals surface area (Å²) in [6, 6.07) is 33.1. The van der Waals surface area contributed by atoms with Crippen LogP contribution < -0.4 is 5.32 Å². The second-order valence-corrected chi connectivity index (χ2v) is 13.9. The molecule has 0 spiro atoms. The zero-order chi connectivity index (χ0) is 36.5. The van der Waals surface area contributed by atoms with Gasteiger partial charge in [0.25, 0.3) is 0 Å². The highest BCUT2D eigenvalue weighted by Crippen LogP contribution is 2.45. The van der Waals surface area contributed by atoms with E-state index in [4.69, 9.17) is 40.7 Å². The molecule has 9 nitrogen and oxygen atoms in total. The SMILES string of the molecule is COC(=O)C[C@@H](Nc1nc(-c2cn(C(c3ccccc3)(c3ccccc3)c3ccccc3)c3ncc(Cl)nc23)nc(-c2ccco2)c1F)C(C)(C)C. The van der Waals surface area contributed by atoms with Gasteiger partial charge in [0.05, 0.1) is 31.6 Å². The molecular formula is C41H36ClFN6O3. The van der Waals surface area contributed by atoms with Gasteiger partial charge in [-0.15, -0.1) is 0 Å². The van der Waals surface area contributed by atoms with Gasteiger partial charge in [-0.1, -0.05) is 123 Å². The minimum absolute atomic E-state index is 0.0248. The lowest BCUT2D eigenvalue weighted by atomic mass is 9.76. The smallest absolute Gasteiger partial charge is 0.307 e. The van der Waals surface area contributed by atoms with Gasteiger partial charge in [0.2, 0.25) is 0 Å². The second kappa shape index (κ2) is 14.0. The van der Waals surface area contributed by atoms with Crippen molar-refractivity contribution in [1.82, 2.24) is 24.5 Å². The van der Waals surface area contributed by atoms with Crippen molar-refractivity contribution >= 4 is 34.6 Å². The summed E-state index contributed by atoms with van der Waals surface area (Å²) in [5.74, 6) is -0.955. The molecule has 3 aromatic carbocycles. The fourth-order valence-electron chi connectivity index (χ4n) is 6.57. The quantitative estimate of drug-likeness (QED) is 0.110. The van der Waals surface area contributed by atoms with Gasteiger partial charge in [-0.25, -0.2) is 24.3 Å². The third kappa shape index (κ3) is 6.30. The maximum atomic E-state index is 16.5. The number of furan rings is 1. The van der Waals surface area contributed by atoms with Crippen molar-refractivity contribution in [2.45, 2.75) is 38.8 Å². The number of aromatic nitrogens is 5. The number of benzene rings is 3.